The molecule has 1 aromatic carbocycles. The molecule has 2 atom stereocenters. The average Bonchev–Trinajstić information content (AvgIpc) is 2.93. The van der Waals surface area contributed by atoms with Crippen LogP contribution in [0.4, 0.5) is 0 Å². The monoisotopic (exact) mass is 299 g/mol. The van der Waals surface area contributed by atoms with Crippen LogP contribution in [-0.4, -0.2) is 31.1 Å². The Labute approximate surface area is 134 Å². The summed E-state index contributed by atoms with van der Waals surface area (Å²) in [7, 11) is 1.80. The van der Waals surface area contributed by atoms with Gasteiger partial charge < -0.3 is 9.64 Å². The van der Waals surface area contributed by atoms with Crippen LogP contribution >= 0.6 is 0 Å². The van der Waals surface area contributed by atoms with E-state index in [2.05, 4.69) is 29.2 Å². The Kier molecular flexibility index (Phi) is 4.13. The molecule has 0 N–H and O–H groups in total. The summed E-state index contributed by atoms with van der Waals surface area (Å²) in [4.78, 5) is 2.82. The van der Waals surface area contributed by atoms with Crippen molar-refractivity contribution < 1.29 is 4.74 Å². The maximum Gasteiger partial charge on any atom is 0.122 e. The molecular weight excluding hydrogens is 270 g/mol. The molecule has 4 rings (SSSR count). The summed E-state index contributed by atoms with van der Waals surface area (Å²) < 4.78 is 5.56. The SMILES string of the molecule is COc1ccccc1C1CCN(C2C[C@H]3CC[C@H](C2)C3)CC1. The van der Waals surface area contributed by atoms with Crippen molar-refractivity contribution in [3.8, 4) is 5.75 Å². The molecule has 3 aliphatic rings. The highest BCUT2D eigenvalue weighted by Crippen LogP contribution is 2.44. The lowest BCUT2D eigenvalue weighted by Gasteiger charge is -2.41. The van der Waals surface area contributed by atoms with Crippen molar-refractivity contribution in [1.29, 1.82) is 0 Å². The molecule has 1 saturated heterocycles. The Morgan fingerprint density at radius 2 is 1.59 bits per heavy atom. The smallest absolute Gasteiger partial charge is 0.122 e. The van der Waals surface area contributed by atoms with Crippen LogP contribution in [0.1, 0.15) is 56.4 Å². The Morgan fingerprint density at radius 3 is 2.27 bits per heavy atom. The van der Waals surface area contributed by atoms with Crippen molar-refractivity contribution >= 4 is 0 Å². The van der Waals surface area contributed by atoms with E-state index in [-0.39, 0.29) is 0 Å². The number of piperidine rings is 1. The van der Waals surface area contributed by atoms with Gasteiger partial charge in [0, 0.05) is 6.04 Å². The lowest BCUT2D eigenvalue weighted by molar-refractivity contribution is 0.0980. The second kappa shape index (κ2) is 6.23. The first-order valence-corrected chi connectivity index (χ1v) is 9.20. The molecule has 2 nitrogen and oxygen atoms in total. The van der Waals surface area contributed by atoms with E-state index >= 15 is 0 Å². The van der Waals surface area contributed by atoms with Crippen LogP contribution in [-0.2, 0) is 0 Å². The maximum atomic E-state index is 5.56. The quantitative estimate of drug-likeness (QED) is 0.817. The van der Waals surface area contributed by atoms with Crippen molar-refractivity contribution in [2.24, 2.45) is 11.8 Å². The van der Waals surface area contributed by atoms with Crippen molar-refractivity contribution in [2.75, 3.05) is 20.2 Å². The van der Waals surface area contributed by atoms with Crippen LogP contribution < -0.4 is 4.74 Å². The Bertz CT molecular complexity index is 494. The minimum absolute atomic E-state index is 0.688. The molecule has 0 aromatic heterocycles. The van der Waals surface area contributed by atoms with Crippen molar-refractivity contribution in [3.05, 3.63) is 29.8 Å². The van der Waals surface area contributed by atoms with Gasteiger partial charge in [-0.1, -0.05) is 31.0 Å². The summed E-state index contributed by atoms with van der Waals surface area (Å²) in [6.07, 6.45) is 10.1. The zero-order valence-corrected chi connectivity index (χ0v) is 13.8. The van der Waals surface area contributed by atoms with Gasteiger partial charge in [-0.05, 0) is 74.6 Å². The Balaban J connectivity index is 1.38. The van der Waals surface area contributed by atoms with Crippen LogP contribution in [0.3, 0.4) is 0 Å². The third-order valence-electron chi connectivity index (χ3n) is 6.49. The summed E-state index contributed by atoms with van der Waals surface area (Å²) in [6, 6.07) is 9.50. The molecule has 120 valence electrons. The third kappa shape index (κ3) is 2.78. The fourth-order valence-electron chi connectivity index (χ4n) is 5.35. The van der Waals surface area contributed by atoms with Gasteiger partial charge in [0.1, 0.15) is 5.75 Å². The van der Waals surface area contributed by atoms with Crippen molar-refractivity contribution in [3.63, 3.8) is 0 Å². The Morgan fingerprint density at radius 1 is 0.909 bits per heavy atom. The molecule has 0 amide bonds. The van der Waals surface area contributed by atoms with Gasteiger partial charge in [-0.15, -0.1) is 0 Å². The first-order chi connectivity index (χ1) is 10.8. The second-order valence-electron chi connectivity index (χ2n) is 7.72. The molecule has 0 unspecified atom stereocenters. The molecule has 2 bridgehead atoms. The van der Waals surface area contributed by atoms with Gasteiger partial charge in [-0.3, -0.25) is 0 Å². The summed E-state index contributed by atoms with van der Waals surface area (Å²) in [5.41, 5.74) is 1.42. The number of nitrogens with zero attached hydrogens (tertiary/aromatic N) is 1. The molecule has 0 spiro atoms. The number of hydrogen-bond acceptors (Lipinski definition) is 2. The minimum atomic E-state index is 0.688. The molecule has 0 radical (unpaired) electrons. The molecule has 3 fully saturated rings. The third-order valence-corrected chi connectivity index (χ3v) is 6.49. The molecule has 2 heteroatoms. The number of hydrogen-bond donors (Lipinski definition) is 0. The van der Waals surface area contributed by atoms with Crippen LogP contribution in [0.2, 0.25) is 0 Å². The van der Waals surface area contributed by atoms with E-state index in [1.807, 2.05) is 0 Å². The summed E-state index contributed by atoms with van der Waals surface area (Å²) in [6.45, 7) is 2.57. The molecule has 2 aliphatic carbocycles. The average molecular weight is 299 g/mol. The molecule has 1 aromatic rings. The zero-order chi connectivity index (χ0) is 14.9. The standard InChI is InChI=1S/C20H29NO/c1-22-20-5-3-2-4-19(20)17-8-10-21(11-9-17)18-13-15-6-7-16(12-15)14-18/h2-5,15-18H,6-14H2,1H3/t15-,16-/m0/s1. The highest BCUT2D eigenvalue weighted by Gasteiger charge is 2.37. The second-order valence-corrected chi connectivity index (χ2v) is 7.72. The predicted molar refractivity (Wildman–Crippen MR) is 90.4 cm³/mol. The number of methoxy groups -OCH3 is 1. The molecular formula is C20H29NO. The predicted octanol–water partition coefficient (Wildman–Crippen LogP) is 4.45. The topological polar surface area (TPSA) is 12.5 Å². The fraction of sp³-hybridized carbons (Fsp3) is 0.700. The van der Waals surface area contributed by atoms with E-state index in [4.69, 9.17) is 4.74 Å². The van der Waals surface area contributed by atoms with Gasteiger partial charge in [0.05, 0.1) is 7.11 Å². The van der Waals surface area contributed by atoms with Gasteiger partial charge >= 0.3 is 0 Å². The number of likely N-dealkylation sites (tertiary alicyclic amines) is 1. The van der Waals surface area contributed by atoms with E-state index in [9.17, 15) is 0 Å². The largest absolute Gasteiger partial charge is 0.496 e. The number of benzene rings is 1. The van der Waals surface area contributed by atoms with Crippen LogP contribution in [0.5, 0.6) is 5.75 Å². The molecule has 1 aliphatic heterocycles. The fourth-order valence-corrected chi connectivity index (χ4v) is 5.35. The van der Waals surface area contributed by atoms with Crippen LogP contribution in [0, 0.1) is 11.8 Å². The summed E-state index contributed by atoms with van der Waals surface area (Å²) >= 11 is 0. The first-order valence-electron chi connectivity index (χ1n) is 9.20. The summed E-state index contributed by atoms with van der Waals surface area (Å²) in [5, 5.41) is 0. The minimum Gasteiger partial charge on any atom is -0.496 e. The number of fused-ring (bicyclic) bond motifs is 2. The summed E-state index contributed by atoms with van der Waals surface area (Å²) in [5.74, 6) is 3.87. The van der Waals surface area contributed by atoms with Gasteiger partial charge in [-0.2, -0.15) is 0 Å². The van der Waals surface area contributed by atoms with Gasteiger partial charge in [0.15, 0.2) is 0 Å². The van der Waals surface area contributed by atoms with Crippen molar-refractivity contribution in [2.45, 2.75) is 56.9 Å². The highest BCUT2D eigenvalue weighted by molar-refractivity contribution is 5.36. The lowest BCUT2D eigenvalue weighted by Crippen LogP contribution is -2.43. The molecule has 1 heterocycles. The normalized spacial score (nSPS) is 33.0. The van der Waals surface area contributed by atoms with Crippen LogP contribution in [0.25, 0.3) is 0 Å². The van der Waals surface area contributed by atoms with Crippen LogP contribution in [0.15, 0.2) is 24.3 Å². The Hall–Kier alpha value is -1.02. The molecule has 2 saturated carbocycles. The van der Waals surface area contributed by atoms with E-state index in [0.717, 1.165) is 23.6 Å². The van der Waals surface area contributed by atoms with Crippen molar-refractivity contribution in [1.82, 2.24) is 4.90 Å². The zero-order valence-electron chi connectivity index (χ0n) is 13.8. The first kappa shape index (κ1) is 14.6. The number of para-hydroxylation sites is 1. The van der Waals surface area contributed by atoms with Gasteiger partial charge in [0.25, 0.3) is 0 Å². The number of ether oxygens (including phenoxy) is 1. The highest BCUT2D eigenvalue weighted by atomic mass is 16.5. The molecule has 22 heavy (non-hydrogen) atoms. The van der Waals surface area contributed by atoms with E-state index in [0.29, 0.717) is 5.92 Å². The van der Waals surface area contributed by atoms with E-state index in [1.54, 1.807) is 7.11 Å². The van der Waals surface area contributed by atoms with Gasteiger partial charge in [0.2, 0.25) is 0 Å². The lowest BCUT2D eigenvalue weighted by atomic mass is 9.82. The van der Waals surface area contributed by atoms with E-state index < -0.39 is 0 Å². The van der Waals surface area contributed by atoms with Gasteiger partial charge in [-0.25, -0.2) is 0 Å². The van der Waals surface area contributed by atoms with E-state index in [1.165, 1.54) is 63.6 Å². The maximum absolute atomic E-state index is 5.56. The number of rotatable bonds is 3.